The van der Waals surface area contributed by atoms with E-state index in [0.717, 1.165) is 32.0 Å². The summed E-state index contributed by atoms with van der Waals surface area (Å²) in [5.41, 5.74) is 1.35. The van der Waals surface area contributed by atoms with Gasteiger partial charge in [0.05, 0.1) is 12.2 Å². The highest BCUT2D eigenvalue weighted by atomic mass is 127. The number of thioether (sulfide) groups is 1. The van der Waals surface area contributed by atoms with Gasteiger partial charge in [0.25, 0.3) is 0 Å². The summed E-state index contributed by atoms with van der Waals surface area (Å²) in [4.78, 5) is 13.3. The van der Waals surface area contributed by atoms with Crippen LogP contribution in [0.15, 0.2) is 4.99 Å². The summed E-state index contributed by atoms with van der Waals surface area (Å²) in [6.07, 6.45) is 9.58. The zero-order chi connectivity index (χ0) is 16.5. The van der Waals surface area contributed by atoms with Crippen molar-refractivity contribution >= 4 is 53.0 Å². The minimum atomic E-state index is 0. The lowest BCUT2D eigenvalue weighted by Crippen LogP contribution is -2.38. The van der Waals surface area contributed by atoms with E-state index >= 15 is 0 Å². The van der Waals surface area contributed by atoms with E-state index in [-0.39, 0.29) is 24.0 Å². The predicted octanol–water partition coefficient (Wildman–Crippen LogP) is 4.18. The van der Waals surface area contributed by atoms with E-state index in [0.29, 0.717) is 0 Å². The van der Waals surface area contributed by atoms with Gasteiger partial charge in [-0.3, -0.25) is 4.99 Å². The number of unbranched alkanes of at least 4 members (excludes halogenated alkanes) is 1. The molecule has 138 valence electrons. The molecule has 0 amide bonds. The maximum atomic E-state index is 4.85. The number of rotatable bonds is 8. The van der Waals surface area contributed by atoms with Crippen molar-refractivity contribution < 1.29 is 0 Å². The first kappa shape index (κ1) is 22.0. The Morgan fingerprint density at radius 3 is 2.83 bits per heavy atom. The fourth-order valence-electron chi connectivity index (χ4n) is 2.76. The van der Waals surface area contributed by atoms with E-state index in [1.54, 1.807) is 0 Å². The Hall–Kier alpha value is -0.0200. The number of thiazole rings is 1. The van der Waals surface area contributed by atoms with Crippen molar-refractivity contribution in [3.63, 3.8) is 0 Å². The van der Waals surface area contributed by atoms with Crippen molar-refractivity contribution in [2.24, 2.45) is 4.99 Å². The predicted molar refractivity (Wildman–Crippen MR) is 119 cm³/mol. The second-order valence-corrected chi connectivity index (χ2v) is 8.13. The molecule has 0 saturated carbocycles. The van der Waals surface area contributed by atoms with Gasteiger partial charge in [0.1, 0.15) is 5.01 Å². The second-order valence-electron chi connectivity index (χ2n) is 5.98. The molecule has 0 radical (unpaired) electrons. The highest BCUT2D eigenvalue weighted by Gasteiger charge is 2.16. The quantitative estimate of drug-likeness (QED) is 0.261. The first-order valence-corrected chi connectivity index (χ1v) is 10.9. The number of aliphatic imine (C=N–C) groups is 1. The average Bonchev–Trinajstić information content (AvgIpc) is 2.95. The fraction of sp³-hybridized carbons (Fsp3) is 0.765. The Labute approximate surface area is 172 Å². The normalized spacial score (nSPS) is 14.0. The monoisotopic (exact) mass is 482 g/mol. The molecule has 4 nitrogen and oxygen atoms in total. The first-order valence-electron chi connectivity index (χ1n) is 8.70. The third-order valence-corrected chi connectivity index (χ3v) is 5.82. The SMILES string of the molecule is CCNC(=NCCCCSC)N(C)Cc1nc2c(s1)CCCC2.I. The number of halogens is 1. The van der Waals surface area contributed by atoms with Crippen molar-refractivity contribution in [2.75, 3.05) is 32.1 Å². The van der Waals surface area contributed by atoms with Crippen LogP contribution in [-0.4, -0.2) is 48.0 Å². The van der Waals surface area contributed by atoms with Crippen LogP contribution >= 0.6 is 47.1 Å². The van der Waals surface area contributed by atoms with Crippen LogP contribution in [-0.2, 0) is 19.4 Å². The van der Waals surface area contributed by atoms with Crippen molar-refractivity contribution in [3.8, 4) is 0 Å². The molecular formula is C17H31IN4S2. The smallest absolute Gasteiger partial charge is 0.194 e. The van der Waals surface area contributed by atoms with E-state index in [9.17, 15) is 0 Å². The van der Waals surface area contributed by atoms with Gasteiger partial charge in [-0.2, -0.15) is 11.8 Å². The van der Waals surface area contributed by atoms with Crippen molar-refractivity contribution in [1.29, 1.82) is 0 Å². The minimum Gasteiger partial charge on any atom is -0.357 e. The number of hydrogen-bond acceptors (Lipinski definition) is 4. The zero-order valence-electron chi connectivity index (χ0n) is 15.1. The third kappa shape index (κ3) is 7.07. The lowest BCUT2D eigenvalue weighted by atomic mass is 10.0. The molecule has 0 bridgehead atoms. The summed E-state index contributed by atoms with van der Waals surface area (Å²) in [5, 5.41) is 4.63. The molecule has 1 aliphatic carbocycles. The summed E-state index contributed by atoms with van der Waals surface area (Å²) in [7, 11) is 2.11. The number of fused-ring (bicyclic) bond motifs is 1. The van der Waals surface area contributed by atoms with Crippen LogP contribution in [0.5, 0.6) is 0 Å². The molecule has 0 fully saturated rings. The number of guanidine groups is 1. The van der Waals surface area contributed by atoms with E-state index in [2.05, 4.69) is 30.4 Å². The van der Waals surface area contributed by atoms with Gasteiger partial charge in [-0.1, -0.05) is 0 Å². The van der Waals surface area contributed by atoms with Gasteiger partial charge in [0.15, 0.2) is 5.96 Å². The number of nitrogens with zero attached hydrogens (tertiary/aromatic N) is 3. The molecule has 24 heavy (non-hydrogen) atoms. The van der Waals surface area contributed by atoms with Gasteiger partial charge in [-0.15, -0.1) is 35.3 Å². The molecule has 1 aromatic heterocycles. The van der Waals surface area contributed by atoms with E-state index in [1.807, 2.05) is 23.1 Å². The largest absolute Gasteiger partial charge is 0.357 e. The summed E-state index contributed by atoms with van der Waals surface area (Å²) in [6.45, 7) is 4.79. The van der Waals surface area contributed by atoms with Crippen LogP contribution in [0.1, 0.15) is 48.2 Å². The van der Waals surface area contributed by atoms with E-state index in [4.69, 9.17) is 9.98 Å². The van der Waals surface area contributed by atoms with Crippen molar-refractivity contribution in [2.45, 2.75) is 52.0 Å². The second kappa shape index (κ2) is 12.4. The van der Waals surface area contributed by atoms with Gasteiger partial charge in [-0.25, -0.2) is 4.98 Å². The summed E-state index contributed by atoms with van der Waals surface area (Å²) >= 11 is 3.81. The highest BCUT2D eigenvalue weighted by Crippen LogP contribution is 2.27. The Bertz CT molecular complexity index is 481. The van der Waals surface area contributed by atoms with E-state index in [1.165, 1.54) is 53.4 Å². The molecule has 2 rings (SSSR count). The summed E-state index contributed by atoms with van der Waals surface area (Å²) in [6, 6.07) is 0. The maximum absolute atomic E-state index is 4.85. The van der Waals surface area contributed by atoms with Crippen molar-refractivity contribution in [1.82, 2.24) is 15.2 Å². The molecule has 0 aliphatic heterocycles. The number of aromatic nitrogens is 1. The standard InChI is InChI=1S/C17H30N4S2.HI/c1-4-18-17(19-11-7-8-12-22-3)21(2)13-16-20-14-9-5-6-10-15(14)23-16;/h4-13H2,1-3H3,(H,18,19);1H. The Morgan fingerprint density at radius 2 is 2.12 bits per heavy atom. The Kier molecular flexibility index (Phi) is 11.3. The Balaban J connectivity index is 0.00000288. The number of hydrogen-bond donors (Lipinski definition) is 1. The molecule has 0 saturated heterocycles. The molecule has 1 aliphatic rings. The lowest BCUT2D eigenvalue weighted by molar-refractivity contribution is 0.474. The number of nitrogens with one attached hydrogen (secondary N) is 1. The average molecular weight is 483 g/mol. The molecule has 1 N–H and O–H groups in total. The van der Waals surface area contributed by atoms with Crippen LogP contribution in [0.2, 0.25) is 0 Å². The minimum absolute atomic E-state index is 0. The van der Waals surface area contributed by atoms with Gasteiger partial charge in [0, 0.05) is 25.0 Å². The van der Waals surface area contributed by atoms with Crippen LogP contribution in [0, 0.1) is 0 Å². The summed E-state index contributed by atoms with van der Waals surface area (Å²) in [5.74, 6) is 2.23. The van der Waals surface area contributed by atoms with Crippen LogP contribution in [0.4, 0.5) is 0 Å². The molecule has 0 atom stereocenters. The topological polar surface area (TPSA) is 40.5 Å². The molecule has 1 aromatic rings. The highest BCUT2D eigenvalue weighted by molar-refractivity contribution is 14.0. The molecule has 0 aromatic carbocycles. The Morgan fingerprint density at radius 1 is 1.33 bits per heavy atom. The fourth-order valence-corrected chi connectivity index (χ4v) is 4.47. The van der Waals surface area contributed by atoms with E-state index < -0.39 is 0 Å². The van der Waals surface area contributed by atoms with Gasteiger partial charge < -0.3 is 10.2 Å². The van der Waals surface area contributed by atoms with Gasteiger partial charge in [-0.05, 0) is 57.5 Å². The third-order valence-electron chi connectivity index (χ3n) is 3.98. The summed E-state index contributed by atoms with van der Waals surface area (Å²) < 4.78 is 0. The molecule has 0 spiro atoms. The first-order chi connectivity index (χ1) is 11.2. The van der Waals surface area contributed by atoms with Gasteiger partial charge >= 0.3 is 0 Å². The van der Waals surface area contributed by atoms with Gasteiger partial charge in [0.2, 0.25) is 0 Å². The van der Waals surface area contributed by atoms with Crippen molar-refractivity contribution in [3.05, 3.63) is 15.6 Å². The van der Waals surface area contributed by atoms with Crippen LogP contribution < -0.4 is 5.32 Å². The molecule has 7 heteroatoms. The number of aryl methyl sites for hydroxylation is 2. The van der Waals surface area contributed by atoms with Crippen LogP contribution in [0.25, 0.3) is 0 Å². The maximum Gasteiger partial charge on any atom is 0.194 e. The zero-order valence-corrected chi connectivity index (χ0v) is 19.1. The molecule has 0 unspecified atom stereocenters. The lowest BCUT2D eigenvalue weighted by Gasteiger charge is -2.21. The van der Waals surface area contributed by atoms with Crippen LogP contribution in [0.3, 0.4) is 0 Å². The molecular weight excluding hydrogens is 451 g/mol. The molecule has 1 heterocycles.